The number of thioether (sulfide) groups is 1. The number of benzene rings is 1. The first-order valence-corrected chi connectivity index (χ1v) is 6.72. The van der Waals surface area contributed by atoms with Crippen molar-refractivity contribution in [2.75, 3.05) is 20.4 Å². The Kier molecular flexibility index (Phi) is 5.51. The third-order valence-corrected chi connectivity index (χ3v) is 3.65. The number of carbonyl (C=O) groups excluding carboxylic acids is 1. The standard InChI is InChI=1S/C13H19NO2S/c1-10(13(15)16-3)14(2)9-11-7-5-6-8-12(11)17-4/h5-8,10H,9H2,1-4H3. The monoisotopic (exact) mass is 253 g/mol. The summed E-state index contributed by atoms with van der Waals surface area (Å²) >= 11 is 1.72. The maximum atomic E-state index is 11.4. The van der Waals surface area contributed by atoms with Crippen LogP contribution in [0.1, 0.15) is 12.5 Å². The SMILES string of the molecule is COC(=O)C(C)N(C)Cc1ccccc1SC. The molecule has 1 aromatic carbocycles. The molecule has 1 atom stereocenters. The molecule has 0 aliphatic heterocycles. The zero-order valence-electron chi connectivity index (χ0n) is 10.8. The molecule has 94 valence electrons. The van der Waals surface area contributed by atoms with Gasteiger partial charge in [0.2, 0.25) is 0 Å². The lowest BCUT2D eigenvalue weighted by Crippen LogP contribution is -2.36. The van der Waals surface area contributed by atoms with Crippen LogP contribution in [-0.4, -0.2) is 37.3 Å². The van der Waals surface area contributed by atoms with Gasteiger partial charge in [0.15, 0.2) is 0 Å². The second kappa shape index (κ2) is 6.67. The minimum Gasteiger partial charge on any atom is -0.468 e. The van der Waals surface area contributed by atoms with E-state index in [1.165, 1.54) is 17.6 Å². The fourth-order valence-corrected chi connectivity index (χ4v) is 2.20. The Morgan fingerprint density at radius 3 is 2.71 bits per heavy atom. The summed E-state index contributed by atoms with van der Waals surface area (Å²) in [5.41, 5.74) is 1.23. The molecule has 0 spiro atoms. The summed E-state index contributed by atoms with van der Waals surface area (Å²) < 4.78 is 4.74. The molecule has 1 unspecified atom stereocenters. The Bertz CT molecular complexity index is 381. The van der Waals surface area contributed by atoms with Gasteiger partial charge in [0.25, 0.3) is 0 Å². The fraction of sp³-hybridized carbons (Fsp3) is 0.462. The topological polar surface area (TPSA) is 29.5 Å². The first kappa shape index (κ1) is 14.1. The highest BCUT2D eigenvalue weighted by molar-refractivity contribution is 7.98. The molecule has 0 radical (unpaired) electrons. The van der Waals surface area contributed by atoms with E-state index < -0.39 is 0 Å². The number of rotatable bonds is 5. The minimum absolute atomic E-state index is 0.200. The van der Waals surface area contributed by atoms with Gasteiger partial charge in [-0.15, -0.1) is 11.8 Å². The summed E-state index contributed by atoms with van der Waals surface area (Å²) in [6.07, 6.45) is 2.06. The number of hydrogen-bond donors (Lipinski definition) is 0. The smallest absolute Gasteiger partial charge is 0.322 e. The summed E-state index contributed by atoms with van der Waals surface area (Å²) in [6, 6.07) is 8.00. The van der Waals surface area contributed by atoms with Gasteiger partial charge in [-0.1, -0.05) is 18.2 Å². The zero-order chi connectivity index (χ0) is 12.8. The van der Waals surface area contributed by atoms with E-state index in [1.807, 2.05) is 31.0 Å². The van der Waals surface area contributed by atoms with Gasteiger partial charge in [0, 0.05) is 11.4 Å². The molecule has 0 heterocycles. The van der Waals surface area contributed by atoms with E-state index in [0.717, 1.165) is 6.54 Å². The van der Waals surface area contributed by atoms with Gasteiger partial charge < -0.3 is 4.74 Å². The van der Waals surface area contributed by atoms with E-state index in [9.17, 15) is 4.79 Å². The van der Waals surface area contributed by atoms with Gasteiger partial charge >= 0.3 is 5.97 Å². The van der Waals surface area contributed by atoms with Crippen LogP contribution in [0, 0.1) is 0 Å². The van der Waals surface area contributed by atoms with Crippen LogP contribution in [-0.2, 0) is 16.1 Å². The Balaban J connectivity index is 2.73. The lowest BCUT2D eigenvalue weighted by atomic mass is 10.2. The molecule has 0 N–H and O–H groups in total. The molecule has 0 aromatic heterocycles. The van der Waals surface area contributed by atoms with Crippen LogP contribution in [0.5, 0.6) is 0 Å². The molecule has 0 aliphatic rings. The molecular weight excluding hydrogens is 234 g/mol. The summed E-state index contributed by atoms with van der Waals surface area (Å²) in [5.74, 6) is -0.200. The third kappa shape index (κ3) is 3.75. The summed E-state index contributed by atoms with van der Waals surface area (Å²) in [5, 5.41) is 0. The van der Waals surface area contributed by atoms with E-state index in [1.54, 1.807) is 11.8 Å². The van der Waals surface area contributed by atoms with Crippen LogP contribution in [0.4, 0.5) is 0 Å². The normalized spacial score (nSPS) is 12.5. The number of likely N-dealkylation sites (N-methyl/N-ethyl adjacent to an activating group) is 1. The zero-order valence-corrected chi connectivity index (χ0v) is 11.6. The van der Waals surface area contributed by atoms with Crippen LogP contribution in [0.25, 0.3) is 0 Å². The van der Waals surface area contributed by atoms with Crippen molar-refractivity contribution in [3.05, 3.63) is 29.8 Å². The molecule has 0 fully saturated rings. The van der Waals surface area contributed by atoms with Crippen molar-refractivity contribution in [3.63, 3.8) is 0 Å². The van der Waals surface area contributed by atoms with Gasteiger partial charge in [-0.05, 0) is 31.9 Å². The van der Waals surface area contributed by atoms with Crippen molar-refractivity contribution in [3.8, 4) is 0 Å². The van der Waals surface area contributed by atoms with Gasteiger partial charge in [-0.2, -0.15) is 0 Å². The first-order valence-electron chi connectivity index (χ1n) is 5.50. The number of ether oxygens (including phenoxy) is 1. The highest BCUT2D eigenvalue weighted by atomic mass is 32.2. The van der Waals surface area contributed by atoms with Crippen LogP contribution in [0.2, 0.25) is 0 Å². The van der Waals surface area contributed by atoms with E-state index in [2.05, 4.69) is 18.4 Å². The number of methoxy groups -OCH3 is 1. The molecule has 3 nitrogen and oxygen atoms in total. The number of esters is 1. The first-order chi connectivity index (χ1) is 8.10. The quantitative estimate of drug-likeness (QED) is 0.595. The van der Waals surface area contributed by atoms with Crippen molar-refractivity contribution < 1.29 is 9.53 Å². The molecule has 1 rings (SSSR count). The largest absolute Gasteiger partial charge is 0.468 e. The Labute approximate surface area is 107 Å². The molecule has 0 amide bonds. The van der Waals surface area contributed by atoms with Gasteiger partial charge in [-0.3, -0.25) is 9.69 Å². The molecule has 0 aliphatic carbocycles. The number of hydrogen-bond acceptors (Lipinski definition) is 4. The van der Waals surface area contributed by atoms with Gasteiger partial charge in [-0.25, -0.2) is 0 Å². The van der Waals surface area contributed by atoms with Gasteiger partial charge in [0.05, 0.1) is 7.11 Å². The highest BCUT2D eigenvalue weighted by Gasteiger charge is 2.19. The van der Waals surface area contributed by atoms with E-state index in [0.29, 0.717) is 0 Å². The molecule has 17 heavy (non-hydrogen) atoms. The molecule has 0 bridgehead atoms. The lowest BCUT2D eigenvalue weighted by Gasteiger charge is -2.23. The summed E-state index contributed by atoms with van der Waals surface area (Å²) in [7, 11) is 3.35. The molecule has 0 saturated heterocycles. The van der Waals surface area contributed by atoms with Crippen molar-refractivity contribution in [2.24, 2.45) is 0 Å². The van der Waals surface area contributed by atoms with Crippen LogP contribution < -0.4 is 0 Å². The van der Waals surface area contributed by atoms with Crippen molar-refractivity contribution >= 4 is 17.7 Å². The van der Waals surface area contributed by atoms with Crippen molar-refractivity contribution in [1.82, 2.24) is 4.90 Å². The van der Waals surface area contributed by atoms with E-state index in [-0.39, 0.29) is 12.0 Å². The average molecular weight is 253 g/mol. The lowest BCUT2D eigenvalue weighted by molar-refractivity contribution is -0.145. The van der Waals surface area contributed by atoms with E-state index in [4.69, 9.17) is 4.74 Å². The van der Waals surface area contributed by atoms with Crippen molar-refractivity contribution in [2.45, 2.75) is 24.4 Å². The Morgan fingerprint density at radius 2 is 2.12 bits per heavy atom. The van der Waals surface area contributed by atoms with E-state index >= 15 is 0 Å². The Morgan fingerprint density at radius 1 is 1.47 bits per heavy atom. The Hall–Kier alpha value is -1.00. The minimum atomic E-state index is -0.227. The predicted molar refractivity (Wildman–Crippen MR) is 71.2 cm³/mol. The molecule has 0 saturated carbocycles. The van der Waals surface area contributed by atoms with Crippen molar-refractivity contribution in [1.29, 1.82) is 0 Å². The second-order valence-corrected chi connectivity index (χ2v) is 4.77. The summed E-state index contributed by atoms with van der Waals surface area (Å²) in [4.78, 5) is 14.7. The third-order valence-electron chi connectivity index (χ3n) is 2.82. The summed E-state index contributed by atoms with van der Waals surface area (Å²) in [6.45, 7) is 2.60. The second-order valence-electron chi connectivity index (χ2n) is 3.93. The molecule has 4 heteroatoms. The van der Waals surface area contributed by atoms with Crippen LogP contribution in [0.3, 0.4) is 0 Å². The molecular formula is C13H19NO2S. The maximum absolute atomic E-state index is 11.4. The van der Waals surface area contributed by atoms with Crippen LogP contribution in [0.15, 0.2) is 29.2 Å². The highest BCUT2D eigenvalue weighted by Crippen LogP contribution is 2.21. The number of nitrogens with zero attached hydrogens (tertiary/aromatic N) is 1. The predicted octanol–water partition coefficient (Wildman–Crippen LogP) is 2.40. The average Bonchev–Trinajstić information content (AvgIpc) is 2.37. The number of carbonyl (C=O) groups is 1. The fourth-order valence-electron chi connectivity index (χ4n) is 1.59. The van der Waals surface area contributed by atoms with Crippen LogP contribution >= 0.6 is 11.8 Å². The molecule has 1 aromatic rings. The maximum Gasteiger partial charge on any atom is 0.322 e. The van der Waals surface area contributed by atoms with Gasteiger partial charge in [0.1, 0.15) is 6.04 Å².